The number of aryl methyl sites for hydroxylation is 1. The Balaban J connectivity index is 1.75. The van der Waals surface area contributed by atoms with Crippen molar-refractivity contribution in [3.63, 3.8) is 0 Å². The molecular formula is C14H21ClN4. The Kier molecular flexibility index (Phi) is 3.63. The number of nitrogens with zero attached hydrogens (tertiary/aromatic N) is 4. The second-order valence-corrected chi connectivity index (χ2v) is 6.07. The molecule has 5 heteroatoms. The van der Waals surface area contributed by atoms with E-state index in [0.29, 0.717) is 11.2 Å². The largest absolute Gasteiger partial charge is 0.338 e. The Morgan fingerprint density at radius 1 is 1.05 bits per heavy atom. The Labute approximate surface area is 119 Å². The molecule has 1 aromatic heterocycles. The zero-order chi connectivity index (χ0) is 13.4. The van der Waals surface area contributed by atoms with E-state index in [-0.39, 0.29) is 0 Å². The molecule has 0 N–H and O–H groups in total. The maximum absolute atomic E-state index is 6.28. The number of halogens is 1. The van der Waals surface area contributed by atoms with Gasteiger partial charge in [-0.2, -0.15) is 0 Å². The molecule has 1 aliphatic heterocycles. The fourth-order valence-corrected chi connectivity index (χ4v) is 3.23. The van der Waals surface area contributed by atoms with Crippen LogP contribution in [-0.2, 0) is 12.8 Å². The van der Waals surface area contributed by atoms with E-state index in [2.05, 4.69) is 28.6 Å². The second-order valence-electron chi connectivity index (χ2n) is 5.71. The Morgan fingerprint density at radius 2 is 1.79 bits per heavy atom. The van der Waals surface area contributed by atoms with Crippen LogP contribution in [0.4, 0.5) is 5.95 Å². The van der Waals surface area contributed by atoms with E-state index in [0.717, 1.165) is 51.4 Å². The summed E-state index contributed by atoms with van der Waals surface area (Å²) in [6, 6.07) is 0.617. The van der Waals surface area contributed by atoms with Crippen LogP contribution < -0.4 is 4.90 Å². The van der Waals surface area contributed by atoms with E-state index < -0.39 is 0 Å². The van der Waals surface area contributed by atoms with E-state index in [1.165, 1.54) is 11.3 Å². The third-order valence-corrected chi connectivity index (χ3v) is 4.51. The molecule has 0 unspecified atom stereocenters. The van der Waals surface area contributed by atoms with Gasteiger partial charge < -0.3 is 4.90 Å². The second kappa shape index (κ2) is 5.25. The quantitative estimate of drug-likeness (QED) is 0.777. The van der Waals surface area contributed by atoms with Crippen molar-refractivity contribution in [2.24, 2.45) is 0 Å². The van der Waals surface area contributed by atoms with Crippen LogP contribution >= 0.6 is 11.6 Å². The minimum atomic E-state index is 0.617. The van der Waals surface area contributed by atoms with Crippen LogP contribution in [0.15, 0.2) is 0 Å². The van der Waals surface area contributed by atoms with Crippen molar-refractivity contribution in [1.29, 1.82) is 0 Å². The molecule has 1 aliphatic carbocycles. The molecule has 19 heavy (non-hydrogen) atoms. The molecule has 0 bridgehead atoms. The Hall–Kier alpha value is -0.870. The lowest BCUT2D eigenvalue weighted by atomic mass is 10.2. The molecule has 1 saturated heterocycles. The lowest BCUT2D eigenvalue weighted by Crippen LogP contribution is -2.49. The molecular weight excluding hydrogens is 260 g/mol. The Bertz CT molecular complexity index is 467. The van der Waals surface area contributed by atoms with Crippen molar-refractivity contribution in [2.45, 2.75) is 39.2 Å². The van der Waals surface area contributed by atoms with Gasteiger partial charge in [0.15, 0.2) is 0 Å². The van der Waals surface area contributed by atoms with Gasteiger partial charge in [-0.25, -0.2) is 9.97 Å². The number of hydrogen-bond donors (Lipinski definition) is 0. The van der Waals surface area contributed by atoms with Crippen LogP contribution in [0.3, 0.4) is 0 Å². The first kappa shape index (κ1) is 13.1. The van der Waals surface area contributed by atoms with Crippen molar-refractivity contribution in [3.8, 4) is 0 Å². The third kappa shape index (κ3) is 2.56. The monoisotopic (exact) mass is 280 g/mol. The molecule has 1 aromatic rings. The van der Waals surface area contributed by atoms with Gasteiger partial charge in [0.2, 0.25) is 5.95 Å². The number of hydrogen-bond acceptors (Lipinski definition) is 4. The summed E-state index contributed by atoms with van der Waals surface area (Å²) >= 11 is 6.28. The molecule has 0 atom stereocenters. The highest BCUT2D eigenvalue weighted by atomic mass is 35.5. The fourth-order valence-electron chi connectivity index (χ4n) is 2.95. The van der Waals surface area contributed by atoms with Crippen LogP contribution in [0.25, 0.3) is 0 Å². The average Bonchev–Trinajstić information content (AvgIpc) is 2.87. The van der Waals surface area contributed by atoms with Crippen molar-refractivity contribution >= 4 is 17.5 Å². The highest BCUT2D eigenvalue weighted by molar-refractivity contribution is 6.30. The van der Waals surface area contributed by atoms with Crippen LogP contribution in [0.2, 0.25) is 5.15 Å². The summed E-state index contributed by atoms with van der Waals surface area (Å²) < 4.78 is 0. The van der Waals surface area contributed by atoms with Crippen LogP contribution in [0, 0.1) is 0 Å². The SMILES string of the molecule is CC(C)N1CCN(c2nc(Cl)c3c(n2)CCC3)CC1. The molecule has 0 saturated carbocycles. The molecule has 0 spiro atoms. The summed E-state index contributed by atoms with van der Waals surface area (Å²) in [6.45, 7) is 8.64. The summed E-state index contributed by atoms with van der Waals surface area (Å²) in [5.74, 6) is 0.828. The van der Waals surface area contributed by atoms with E-state index in [9.17, 15) is 0 Å². The van der Waals surface area contributed by atoms with Crippen LogP contribution in [0.5, 0.6) is 0 Å². The van der Waals surface area contributed by atoms with E-state index in [4.69, 9.17) is 16.6 Å². The predicted octanol–water partition coefficient (Wildman–Crippen LogP) is 2.15. The minimum Gasteiger partial charge on any atom is -0.338 e. The van der Waals surface area contributed by atoms with Gasteiger partial charge in [-0.15, -0.1) is 0 Å². The van der Waals surface area contributed by atoms with Gasteiger partial charge in [0.25, 0.3) is 0 Å². The maximum atomic E-state index is 6.28. The van der Waals surface area contributed by atoms with Crippen molar-refractivity contribution in [1.82, 2.24) is 14.9 Å². The number of aromatic nitrogens is 2. The molecule has 3 rings (SSSR count). The van der Waals surface area contributed by atoms with Gasteiger partial charge in [0.1, 0.15) is 5.15 Å². The average molecular weight is 281 g/mol. The molecule has 0 amide bonds. The first-order valence-electron chi connectivity index (χ1n) is 7.19. The molecule has 1 fully saturated rings. The van der Waals surface area contributed by atoms with Crippen LogP contribution in [-0.4, -0.2) is 47.1 Å². The van der Waals surface area contributed by atoms with Gasteiger partial charge in [0.05, 0.1) is 5.69 Å². The van der Waals surface area contributed by atoms with Gasteiger partial charge in [-0.1, -0.05) is 11.6 Å². The van der Waals surface area contributed by atoms with Crippen LogP contribution in [0.1, 0.15) is 31.5 Å². The molecule has 2 heterocycles. The molecule has 0 aromatic carbocycles. The topological polar surface area (TPSA) is 32.3 Å². The lowest BCUT2D eigenvalue weighted by Gasteiger charge is -2.37. The van der Waals surface area contributed by atoms with Gasteiger partial charge in [0, 0.05) is 37.8 Å². The van der Waals surface area contributed by atoms with E-state index in [1.807, 2.05) is 0 Å². The lowest BCUT2D eigenvalue weighted by molar-refractivity contribution is 0.208. The Morgan fingerprint density at radius 3 is 2.47 bits per heavy atom. The number of piperazine rings is 1. The predicted molar refractivity (Wildman–Crippen MR) is 78.0 cm³/mol. The molecule has 2 aliphatic rings. The van der Waals surface area contributed by atoms with E-state index in [1.54, 1.807) is 0 Å². The normalized spacial score (nSPS) is 20.1. The molecule has 0 radical (unpaired) electrons. The highest BCUT2D eigenvalue weighted by Gasteiger charge is 2.24. The van der Waals surface area contributed by atoms with Crippen molar-refractivity contribution in [2.75, 3.05) is 31.1 Å². The zero-order valence-corrected chi connectivity index (χ0v) is 12.4. The van der Waals surface area contributed by atoms with Crippen molar-refractivity contribution < 1.29 is 0 Å². The summed E-state index contributed by atoms with van der Waals surface area (Å²) in [5.41, 5.74) is 2.34. The highest BCUT2D eigenvalue weighted by Crippen LogP contribution is 2.28. The fraction of sp³-hybridized carbons (Fsp3) is 0.714. The number of anilines is 1. The summed E-state index contributed by atoms with van der Waals surface area (Å²) in [5, 5.41) is 0.670. The van der Waals surface area contributed by atoms with Gasteiger partial charge in [-0.3, -0.25) is 4.90 Å². The maximum Gasteiger partial charge on any atom is 0.227 e. The van der Waals surface area contributed by atoms with Gasteiger partial charge >= 0.3 is 0 Å². The summed E-state index contributed by atoms with van der Waals surface area (Å²) in [4.78, 5) is 14.0. The first-order chi connectivity index (χ1) is 9.15. The standard InChI is InChI=1S/C14H21ClN4/c1-10(2)18-6-8-19(9-7-18)14-16-12-5-3-4-11(12)13(15)17-14/h10H,3-9H2,1-2H3. The zero-order valence-electron chi connectivity index (χ0n) is 11.7. The molecule has 104 valence electrons. The minimum absolute atomic E-state index is 0.617. The number of fused-ring (bicyclic) bond motifs is 1. The van der Waals surface area contributed by atoms with Crippen molar-refractivity contribution in [3.05, 3.63) is 16.4 Å². The molecule has 4 nitrogen and oxygen atoms in total. The summed E-state index contributed by atoms with van der Waals surface area (Å²) in [6.07, 6.45) is 3.25. The third-order valence-electron chi connectivity index (χ3n) is 4.20. The smallest absolute Gasteiger partial charge is 0.227 e. The number of rotatable bonds is 2. The van der Waals surface area contributed by atoms with Gasteiger partial charge in [-0.05, 0) is 33.1 Å². The first-order valence-corrected chi connectivity index (χ1v) is 7.57. The van der Waals surface area contributed by atoms with E-state index >= 15 is 0 Å². The summed E-state index contributed by atoms with van der Waals surface area (Å²) in [7, 11) is 0.